The molecule has 3 aromatic rings. The average molecular weight is 446 g/mol. The van der Waals surface area contributed by atoms with Gasteiger partial charge in [0.05, 0.1) is 12.1 Å². The van der Waals surface area contributed by atoms with Crippen LogP contribution in [0.5, 0.6) is 0 Å². The summed E-state index contributed by atoms with van der Waals surface area (Å²) in [6, 6.07) is 11.6. The summed E-state index contributed by atoms with van der Waals surface area (Å²) in [5.41, 5.74) is 2.54. The molecule has 1 heterocycles. The number of carbonyl (C=O) groups is 2. The molecule has 3 rings (SSSR count). The molecule has 1 aromatic heterocycles. The van der Waals surface area contributed by atoms with Crippen LogP contribution in [0.1, 0.15) is 18.5 Å². The number of oxazole rings is 1. The number of rotatable bonds is 5. The predicted octanol–water partition coefficient (Wildman–Crippen LogP) is 3.32. The van der Waals surface area contributed by atoms with Crippen molar-refractivity contribution in [2.24, 2.45) is 0 Å². The summed E-state index contributed by atoms with van der Waals surface area (Å²) in [4.78, 5) is 38.6. The Morgan fingerprint density at radius 3 is 2.68 bits per heavy atom. The Hall–Kier alpha value is -2.87. The Morgan fingerprint density at radius 2 is 1.96 bits per heavy atom. The van der Waals surface area contributed by atoms with Gasteiger partial charge in [-0.05, 0) is 49.7 Å². The highest BCUT2D eigenvalue weighted by Gasteiger charge is 2.25. The molecule has 0 radical (unpaired) electrons. The molecule has 0 fully saturated rings. The van der Waals surface area contributed by atoms with Gasteiger partial charge in [0.15, 0.2) is 5.58 Å². The summed E-state index contributed by atoms with van der Waals surface area (Å²) in [5.74, 6) is -1.29. The molecule has 1 N–H and O–H groups in total. The van der Waals surface area contributed by atoms with E-state index in [1.54, 1.807) is 37.3 Å². The van der Waals surface area contributed by atoms with E-state index in [1.807, 2.05) is 19.1 Å². The number of aryl methyl sites for hydroxylation is 1. The minimum atomic E-state index is -0.802. The lowest BCUT2D eigenvalue weighted by Gasteiger charge is -2.21. The van der Waals surface area contributed by atoms with Crippen molar-refractivity contribution in [2.75, 3.05) is 18.9 Å². The SMILES string of the molecule is Cc1cc(Br)ccc1NC(=O)CN(C)C(=O)C(C)n1c(=O)oc2ccccc21. The average Bonchev–Trinajstić information content (AvgIpc) is 2.98. The molecule has 0 saturated carbocycles. The lowest BCUT2D eigenvalue weighted by Crippen LogP contribution is -2.40. The fourth-order valence-corrected chi connectivity index (χ4v) is 3.51. The molecule has 146 valence electrons. The number of benzene rings is 2. The monoisotopic (exact) mass is 445 g/mol. The summed E-state index contributed by atoms with van der Waals surface area (Å²) >= 11 is 3.38. The van der Waals surface area contributed by atoms with Crippen molar-refractivity contribution >= 4 is 44.5 Å². The van der Waals surface area contributed by atoms with Crippen LogP contribution in [0.2, 0.25) is 0 Å². The van der Waals surface area contributed by atoms with Crippen LogP contribution in [0, 0.1) is 6.92 Å². The number of anilines is 1. The van der Waals surface area contributed by atoms with E-state index < -0.39 is 11.8 Å². The van der Waals surface area contributed by atoms with Gasteiger partial charge in [-0.1, -0.05) is 28.1 Å². The van der Waals surface area contributed by atoms with Gasteiger partial charge in [-0.3, -0.25) is 14.2 Å². The van der Waals surface area contributed by atoms with Gasteiger partial charge in [0.25, 0.3) is 0 Å². The lowest BCUT2D eigenvalue weighted by atomic mass is 10.2. The van der Waals surface area contributed by atoms with E-state index in [0.717, 1.165) is 10.0 Å². The Bertz CT molecular complexity index is 1100. The van der Waals surface area contributed by atoms with Crippen molar-refractivity contribution < 1.29 is 14.0 Å². The molecule has 0 spiro atoms. The molecule has 1 atom stereocenters. The third-order valence-corrected chi connectivity index (χ3v) is 4.98. The van der Waals surface area contributed by atoms with Crippen LogP contribution >= 0.6 is 15.9 Å². The van der Waals surface area contributed by atoms with Gasteiger partial charge in [0.2, 0.25) is 11.8 Å². The maximum absolute atomic E-state index is 12.8. The maximum Gasteiger partial charge on any atom is 0.420 e. The number of aromatic nitrogens is 1. The predicted molar refractivity (Wildman–Crippen MR) is 110 cm³/mol. The zero-order chi connectivity index (χ0) is 20.4. The van der Waals surface area contributed by atoms with Crippen molar-refractivity contribution in [3.8, 4) is 0 Å². The molecule has 0 aliphatic carbocycles. The highest BCUT2D eigenvalue weighted by atomic mass is 79.9. The highest BCUT2D eigenvalue weighted by molar-refractivity contribution is 9.10. The first-order valence-electron chi connectivity index (χ1n) is 8.69. The number of hydrogen-bond donors (Lipinski definition) is 1. The van der Waals surface area contributed by atoms with Crippen LogP contribution < -0.4 is 11.1 Å². The number of nitrogens with zero attached hydrogens (tertiary/aromatic N) is 2. The summed E-state index contributed by atoms with van der Waals surface area (Å²) in [6.07, 6.45) is 0. The Balaban J connectivity index is 1.72. The van der Waals surface area contributed by atoms with Crippen LogP contribution in [0.25, 0.3) is 11.1 Å². The summed E-state index contributed by atoms with van der Waals surface area (Å²) in [6.45, 7) is 3.36. The Labute approximate surface area is 170 Å². The standard InChI is InChI=1S/C20H20BrN3O4/c1-12-10-14(21)8-9-15(12)22-18(25)11-23(3)19(26)13(2)24-16-6-4-5-7-17(16)28-20(24)27/h4-10,13H,11H2,1-3H3,(H,22,25). The first kappa shape index (κ1) is 19.9. The van der Waals surface area contributed by atoms with Gasteiger partial charge in [-0.15, -0.1) is 0 Å². The number of hydrogen-bond acceptors (Lipinski definition) is 4. The second kappa shape index (κ2) is 8.02. The molecule has 28 heavy (non-hydrogen) atoms. The summed E-state index contributed by atoms with van der Waals surface area (Å²) in [7, 11) is 1.53. The van der Waals surface area contributed by atoms with Crippen LogP contribution in [-0.4, -0.2) is 34.9 Å². The molecule has 2 aromatic carbocycles. The Morgan fingerprint density at radius 1 is 1.25 bits per heavy atom. The zero-order valence-electron chi connectivity index (χ0n) is 15.7. The molecule has 1 unspecified atom stereocenters. The molecule has 0 saturated heterocycles. The van der Waals surface area contributed by atoms with Crippen molar-refractivity contribution in [2.45, 2.75) is 19.9 Å². The highest BCUT2D eigenvalue weighted by Crippen LogP contribution is 2.20. The molecular weight excluding hydrogens is 426 g/mol. The van der Waals surface area contributed by atoms with Crippen LogP contribution in [0.4, 0.5) is 5.69 Å². The number of likely N-dealkylation sites (N-methyl/N-ethyl adjacent to an activating group) is 1. The van der Waals surface area contributed by atoms with Gasteiger partial charge in [-0.25, -0.2) is 4.79 Å². The summed E-state index contributed by atoms with van der Waals surface area (Å²) in [5, 5.41) is 2.80. The molecule has 7 nitrogen and oxygen atoms in total. The normalized spacial score (nSPS) is 12.0. The minimum Gasteiger partial charge on any atom is -0.408 e. The van der Waals surface area contributed by atoms with E-state index in [4.69, 9.17) is 4.42 Å². The Kier molecular flexibility index (Phi) is 5.69. The molecule has 0 aliphatic rings. The number of fused-ring (bicyclic) bond motifs is 1. The van der Waals surface area contributed by atoms with E-state index in [9.17, 15) is 14.4 Å². The van der Waals surface area contributed by atoms with Crippen molar-refractivity contribution in [3.63, 3.8) is 0 Å². The molecule has 0 bridgehead atoms. The lowest BCUT2D eigenvalue weighted by molar-refractivity contribution is -0.135. The first-order chi connectivity index (χ1) is 13.3. The number of amides is 2. The zero-order valence-corrected chi connectivity index (χ0v) is 17.3. The number of halogens is 1. The van der Waals surface area contributed by atoms with Gasteiger partial charge in [0.1, 0.15) is 6.04 Å². The van der Waals surface area contributed by atoms with E-state index in [0.29, 0.717) is 16.8 Å². The smallest absolute Gasteiger partial charge is 0.408 e. The van der Waals surface area contributed by atoms with Gasteiger partial charge < -0.3 is 14.6 Å². The van der Waals surface area contributed by atoms with E-state index in [2.05, 4.69) is 21.2 Å². The quantitative estimate of drug-likeness (QED) is 0.652. The number of nitrogens with one attached hydrogen (secondary N) is 1. The second-order valence-electron chi connectivity index (χ2n) is 6.58. The van der Waals surface area contributed by atoms with E-state index >= 15 is 0 Å². The van der Waals surface area contributed by atoms with Gasteiger partial charge in [-0.2, -0.15) is 0 Å². The summed E-state index contributed by atoms with van der Waals surface area (Å²) < 4.78 is 7.40. The van der Waals surface area contributed by atoms with Gasteiger partial charge in [0, 0.05) is 17.2 Å². The maximum atomic E-state index is 12.8. The third-order valence-electron chi connectivity index (χ3n) is 4.48. The van der Waals surface area contributed by atoms with Gasteiger partial charge >= 0.3 is 5.76 Å². The van der Waals surface area contributed by atoms with E-state index in [-0.39, 0.29) is 18.4 Å². The van der Waals surface area contributed by atoms with Crippen LogP contribution in [-0.2, 0) is 9.59 Å². The van der Waals surface area contributed by atoms with Crippen LogP contribution in [0.15, 0.2) is 56.1 Å². The number of carbonyl (C=O) groups excluding carboxylic acids is 2. The fourth-order valence-electron chi connectivity index (χ4n) is 3.03. The third kappa shape index (κ3) is 4.01. The van der Waals surface area contributed by atoms with Crippen molar-refractivity contribution in [1.82, 2.24) is 9.47 Å². The van der Waals surface area contributed by atoms with Crippen LogP contribution in [0.3, 0.4) is 0 Å². The largest absolute Gasteiger partial charge is 0.420 e. The fraction of sp³-hybridized carbons (Fsp3) is 0.250. The van der Waals surface area contributed by atoms with E-state index in [1.165, 1.54) is 16.5 Å². The molecule has 2 amide bonds. The minimum absolute atomic E-state index is 0.136. The number of para-hydroxylation sites is 2. The molecule has 8 heteroatoms. The molecular formula is C20H20BrN3O4. The second-order valence-corrected chi connectivity index (χ2v) is 7.50. The first-order valence-corrected chi connectivity index (χ1v) is 9.48. The topological polar surface area (TPSA) is 84.5 Å². The van der Waals surface area contributed by atoms with Crippen molar-refractivity contribution in [1.29, 1.82) is 0 Å². The van der Waals surface area contributed by atoms with Crippen molar-refractivity contribution in [3.05, 3.63) is 63.1 Å². The molecule has 0 aliphatic heterocycles.